The molecule has 0 amide bonds. The van der Waals surface area contributed by atoms with Crippen LogP contribution in [0, 0.1) is 0 Å². The fraction of sp³-hybridized carbons (Fsp3) is 0.333. The van der Waals surface area contributed by atoms with Crippen LogP contribution in [0.15, 0.2) is 103 Å². The second kappa shape index (κ2) is 12.4. The third-order valence-electron chi connectivity index (χ3n) is 9.50. The van der Waals surface area contributed by atoms with Gasteiger partial charge in [0.05, 0.1) is 0 Å². The molecule has 0 atom stereocenters. The summed E-state index contributed by atoms with van der Waals surface area (Å²) in [5, 5.41) is 6.94. The zero-order valence-electron chi connectivity index (χ0n) is 24.1. The van der Waals surface area contributed by atoms with E-state index in [1.807, 2.05) is 0 Å². The van der Waals surface area contributed by atoms with Gasteiger partial charge in [-0.1, -0.05) is 144 Å². The van der Waals surface area contributed by atoms with E-state index in [1.165, 1.54) is 102 Å². The minimum atomic E-state index is -0.286. The molecule has 2 fully saturated rings. The van der Waals surface area contributed by atoms with Gasteiger partial charge in [0.2, 0.25) is 0 Å². The maximum atomic E-state index is 6.77. The lowest BCUT2D eigenvalue weighted by Gasteiger charge is -2.40. The summed E-state index contributed by atoms with van der Waals surface area (Å²) in [6.45, 7) is 0.576. The molecule has 0 spiro atoms. The van der Waals surface area contributed by atoms with Crippen molar-refractivity contribution in [2.45, 2.75) is 82.1 Å². The summed E-state index contributed by atoms with van der Waals surface area (Å²) in [7, 11) is -0.286. The van der Waals surface area contributed by atoms with Crippen molar-refractivity contribution in [3.63, 3.8) is 0 Å². The van der Waals surface area contributed by atoms with Crippen LogP contribution in [0.25, 0.3) is 32.7 Å². The third-order valence-corrected chi connectivity index (χ3v) is 13.0. The van der Waals surface area contributed by atoms with Crippen LogP contribution in [0.5, 0.6) is 5.75 Å². The standard InChI is InChI=1S/C39H41OP/c1-4-14-29(15-5-1)28-40-36-26-24-30-16-10-12-22-34(30)38(36)39-35-23-13-11-17-31(35)25-27-37(39)41(32-18-6-2-7-19-32)33-20-8-3-9-21-33/h1,4-5,10-17,22-27,32-33H,2-3,6-9,18-21,28H2. The molecule has 208 valence electrons. The average Bonchev–Trinajstić information content (AvgIpc) is 3.05. The molecule has 0 unspecified atom stereocenters. The van der Waals surface area contributed by atoms with E-state index in [1.54, 1.807) is 5.30 Å². The molecular weight excluding hydrogens is 515 g/mol. The lowest BCUT2D eigenvalue weighted by Crippen LogP contribution is -2.27. The monoisotopic (exact) mass is 556 g/mol. The van der Waals surface area contributed by atoms with Gasteiger partial charge in [-0.3, -0.25) is 0 Å². The van der Waals surface area contributed by atoms with Gasteiger partial charge in [0, 0.05) is 11.1 Å². The Balaban J connectivity index is 1.47. The molecule has 7 rings (SSSR count). The minimum absolute atomic E-state index is 0.286. The van der Waals surface area contributed by atoms with Gasteiger partial charge in [-0.15, -0.1) is 0 Å². The molecule has 0 bridgehead atoms. The Labute approximate surface area is 246 Å². The molecular formula is C39H41OP. The molecule has 2 aliphatic rings. The second-order valence-electron chi connectivity index (χ2n) is 12.1. The van der Waals surface area contributed by atoms with Crippen molar-refractivity contribution in [3.8, 4) is 16.9 Å². The highest BCUT2D eigenvalue weighted by Gasteiger charge is 2.35. The van der Waals surface area contributed by atoms with Crippen LogP contribution in [0.3, 0.4) is 0 Å². The Morgan fingerprint density at radius 3 is 1.68 bits per heavy atom. The summed E-state index contributed by atoms with van der Waals surface area (Å²) in [6.07, 6.45) is 14.0. The van der Waals surface area contributed by atoms with E-state index in [0.717, 1.165) is 17.1 Å². The molecule has 1 nitrogen and oxygen atoms in total. The van der Waals surface area contributed by atoms with E-state index in [-0.39, 0.29) is 7.92 Å². The van der Waals surface area contributed by atoms with Crippen molar-refractivity contribution in [1.29, 1.82) is 0 Å². The van der Waals surface area contributed by atoms with Crippen LogP contribution in [0.1, 0.15) is 69.8 Å². The van der Waals surface area contributed by atoms with E-state index < -0.39 is 0 Å². The zero-order chi connectivity index (χ0) is 27.4. The number of ether oxygens (including phenoxy) is 1. The normalized spacial score (nSPS) is 16.9. The molecule has 0 aromatic heterocycles. The first-order chi connectivity index (χ1) is 20.4. The van der Waals surface area contributed by atoms with E-state index >= 15 is 0 Å². The van der Waals surface area contributed by atoms with Gasteiger partial charge in [-0.2, -0.15) is 0 Å². The van der Waals surface area contributed by atoms with Gasteiger partial charge in [-0.05, 0) is 75.5 Å². The van der Waals surface area contributed by atoms with Crippen molar-refractivity contribution < 1.29 is 4.74 Å². The first-order valence-corrected chi connectivity index (χ1v) is 17.3. The fourth-order valence-corrected chi connectivity index (χ4v) is 11.5. The molecule has 0 heterocycles. The number of benzene rings is 5. The predicted octanol–water partition coefficient (Wildman–Crippen LogP) is 11.0. The van der Waals surface area contributed by atoms with Crippen molar-refractivity contribution in [2.24, 2.45) is 0 Å². The van der Waals surface area contributed by atoms with Gasteiger partial charge in [0.1, 0.15) is 12.4 Å². The Kier molecular flexibility index (Phi) is 8.07. The van der Waals surface area contributed by atoms with E-state index in [2.05, 4.69) is 103 Å². The highest BCUT2D eigenvalue weighted by atomic mass is 31.1. The summed E-state index contributed by atoms with van der Waals surface area (Å²) < 4.78 is 6.77. The highest BCUT2D eigenvalue weighted by molar-refractivity contribution is 7.67. The molecule has 5 aromatic carbocycles. The number of hydrogen-bond donors (Lipinski definition) is 0. The Morgan fingerprint density at radius 2 is 1.05 bits per heavy atom. The fourth-order valence-electron chi connectivity index (χ4n) is 7.51. The first kappa shape index (κ1) is 26.7. The van der Waals surface area contributed by atoms with Crippen LogP contribution < -0.4 is 10.0 Å². The summed E-state index contributed by atoms with van der Waals surface area (Å²) in [5.74, 6) is 1.01. The first-order valence-electron chi connectivity index (χ1n) is 15.9. The van der Waals surface area contributed by atoms with Crippen LogP contribution in [-0.4, -0.2) is 11.3 Å². The van der Waals surface area contributed by atoms with Crippen LogP contribution in [-0.2, 0) is 6.61 Å². The molecule has 0 aliphatic heterocycles. The smallest absolute Gasteiger partial charge is 0.128 e. The van der Waals surface area contributed by atoms with E-state index in [0.29, 0.717) is 6.61 Å². The molecule has 2 saturated carbocycles. The lowest BCUT2D eigenvalue weighted by atomic mass is 9.93. The summed E-state index contributed by atoms with van der Waals surface area (Å²) in [6, 6.07) is 38.1. The average molecular weight is 557 g/mol. The van der Waals surface area contributed by atoms with Crippen molar-refractivity contribution in [2.75, 3.05) is 0 Å². The zero-order valence-corrected chi connectivity index (χ0v) is 25.0. The van der Waals surface area contributed by atoms with Gasteiger partial charge >= 0.3 is 0 Å². The predicted molar refractivity (Wildman–Crippen MR) is 178 cm³/mol. The number of hydrogen-bond acceptors (Lipinski definition) is 1. The molecule has 0 saturated heterocycles. The SMILES string of the molecule is c1ccc(COc2ccc3ccccc3c2-c2c(P(C3CCCCC3)C3CCCCC3)ccc3ccccc23)cc1. The van der Waals surface area contributed by atoms with Crippen molar-refractivity contribution in [1.82, 2.24) is 0 Å². The second-order valence-corrected chi connectivity index (χ2v) is 14.9. The maximum Gasteiger partial charge on any atom is 0.128 e. The van der Waals surface area contributed by atoms with Crippen LogP contribution in [0.4, 0.5) is 0 Å². The topological polar surface area (TPSA) is 9.23 Å². The molecule has 2 aliphatic carbocycles. The Morgan fingerprint density at radius 1 is 0.512 bits per heavy atom. The van der Waals surface area contributed by atoms with Gasteiger partial charge in [0.15, 0.2) is 0 Å². The maximum absolute atomic E-state index is 6.77. The largest absolute Gasteiger partial charge is 0.488 e. The van der Waals surface area contributed by atoms with E-state index in [4.69, 9.17) is 4.74 Å². The molecule has 0 radical (unpaired) electrons. The summed E-state index contributed by atoms with van der Waals surface area (Å²) >= 11 is 0. The quantitative estimate of drug-likeness (QED) is 0.181. The summed E-state index contributed by atoms with van der Waals surface area (Å²) in [5.41, 5.74) is 5.63. The number of rotatable bonds is 7. The van der Waals surface area contributed by atoms with Crippen LogP contribution in [0.2, 0.25) is 0 Å². The molecule has 41 heavy (non-hydrogen) atoms. The van der Waals surface area contributed by atoms with Gasteiger partial charge in [0.25, 0.3) is 0 Å². The van der Waals surface area contributed by atoms with Crippen LogP contribution >= 0.6 is 7.92 Å². The van der Waals surface area contributed by atoms with Gasteiger partial charge in [-0.25, -0.2) is 0 Å². The third kappa shape index (κ3) is 5.54. The lowest BCUT2D eigenvalue weighted by molar-refractivity contribution is 0.308. The van der Waals surface area contributed by atoms with Gasteiger partial charge < -0.3 is 4.74 Å². The Bertz CT molecular complexity index is 1590. The van der Waals surface area contributed by atoms with E-state index in [9.17, 15) is 0 Å². The molecule has 5 aromatic rings. The Hall–Kier alpha value is -3.15. The molecule has 2 heteroatoms. The van der Waals surface area contributed by atoms with Crippen molar-refractivity contribution >= 4 is 34.8 Å². The highest BCUT2D eigenvalue weighted by Crippen LogP contribution is 2.57. The van der Waals surface area contributed by atoms with Crippen molar-refractivity contribution in [3.05, 3.63) is 109 Å². The summed E-state index contributed by atoms with van der Waals surface area (Å²) in [4.78, 5) is 0. The molecule has 0 N–H and O–H groups in total. The number of fused-ring (bicyclic) bond motifs is 2. The minimum Gasteiger partial charge on any atom is -0.488 e.